The van der Waals surface area contributed by atoms with Crippen molar-refractivity contribution >= 4 is 22.7 Å². The number of rotatable bonds is 11. The van der Waals surface area contributed by atoms with Crippen LogP contribution >= 0.6 is 0 Å². The molecule has 0 bridgehead atoms. The van der Waals surface area contributed by atoms with Crippen molar-refractivity contribution in [3.05, 3.63) is 80.5 Å². The Balaban J connectivity index is 1.88. The van der Waals surface area contributed by atoms with Crippen molar-refractivity contribution in [3.8, 4) is 0 Å². The Labute approximate surface area is 203 Å². The highest BCUT2D eigenvalue weighted by molar-refractivity contribution is 5.94. The molecule has 0 aliphatic heterocycles. The van der Waals surface area contributed by atoms with Gasteiger partial charge in [-0.05, 0) is 49.6 Å². The zero-order valence-corrected chi connectivity index (χ0v) is 20.4. The molecule has 35 heavy (non-hydrogen) atoms. The fourth-order valence-corrected chi connectivity index (χ4v) is 3.69. The number of carbonyl (C=O) groups excluding carboxylic acids is 2. The highest BCUT2D eigenvalue weighted by Gasteiger charge is 2.16. The van der Waals surface area contributed by atoms with Crippen LogP contribution in [-0.4, -0.2) is 47.3 Å². The van der Waals surface area contributed by atoms with Crippen LogP contribution in [0.5, 0.6) is 0 Å². The van der Waals surface area contributed by atoms with E-state index in [1.165, 1.54) is 4.57 Å². The molecule has 0 saturated heterocycles. The van der Waals surface area contributed by atoms with Gasteiger partial charge < -0.3 is 15.4 Å². The molecule has 0 saturated carbocycles. The lowest BCUT2D eigenvalue weighted by Crippen LogP contribution is -2.43. The summed E-state index contributed by atoms with van der Waals surface area (Å²) >= 11 is 0. The monoisotopic (exact) mass is 480 g/mol. The Bertz CT molecular complexity index is 1290. The lowest BCUT2D eigenvalue weighted by Gasteiger charge is -2.16. The molecule has 186 valence electrons. The van der Waals surface area contributed by atoms with Gasteiger partial charge in [-0.3, -0.25) is 23.5 Å². The summed E-state index contributed by atoms with van der Waals surface area (Å²) in [6.07, 6.45) is 1.48. The van der Waals surface area contributed by atoms with Crippen molar-refractivity contribution in [1.29, 1.82) is 0 Å². The van der Waals surface area contributed by atoms with Gasteiger partial charge in [0.25, 0.3) is 11.5 Å². The minimum atomic E-state index is -0.562. The first-order chi connectivity index (χ1) is 16.8. The van der Waals surface area contributed by atoms with Gasteiger partial charge in [0.2, 0.25) is 5.91 Å². The van der Waals surface area contributed by atoms with Gasteiger partial charge in [-0.2, -0.15) is 0 Å². The summed E-state index contributed by atoms with van der Waals surface area (Å²) in [6.45, 7) is 4.76. The molecule has 0 aliphatic rings. The number of aromatic nitrogens is 2. The van der Waals surface area contributed by atoms with Crippen LogP contribution in [0.2, 0.25) is 0 Å². The molecule has 2 aromatic carbocycles. The predicted octanol–water partition coefficient (Wildman–Crippen LogP) is 1.89. The number of benzene rings is 2. The van der Waals surface area contributed by atoms with Crippen LogP contribution in [0, 0.1) is 0 Å². The van der Waals surface area contributed by atoms with Crippen molar-refractivity contribution in [2.75, 3.05) is 20.3 Å². The fourth-order valence-electron chi connectivity index (χ4n) is 3.69. The number of ether oxygens (including phenoxy) is 1. The zero-order valence-electron chi connectivity index (χ0n) is 20.4. The van der Waals surface area contributed by atoms with Gasteiger partial charge in [-0.1, -0.05) is 31.2 Å². The van der Waals surface area contributed by atoms with Crippen LogP contribution in [0.1, 0.15) is 42.6 Å². The minimum absolute atomic E-state index is 0.0191. The first kappa shape index (κ1) is 25.9. The van der Waals surface area contributed by atoms with E-state index in [0.717, 1.165) is 11.0 Å². The quantitative estimate of drug-likeness (QED) is 0.407. The predicted molar refractivity (Wildman–Crippen MR) is 135 cm³/mol. The van der Waals surface area contributed by atoms with Crippen molar-refractivity contribution in [3.63, 3.8) is 0 Å². The third kappa shape index (κ3) is 6.45. The second kappa shape index (κ2) is 12.1. The summed E-state index contributed by atoms with van der Waals surface area (Å²) in [5.74, 6) is -0.497. The molecule has 1 heterocycles. The number of methoxy groups -OCH3 is 1. The van der Waals surface area contributed by atoms with Gasteiger partial charge in [-0.15, -0.1) is 0 Å². The average molecular weight is 481 g/mol. The second-order valence-electron chi connectivity index (χ2n) is 8.45. The summed E-state index contributed by atoms with van der Waals surface area (Å²) in [4.78, 5) is 51.3. The average Bonchev–Trinajstić information content (AvgIpc) is 2.87. The van der Waals surface area contributed by atoms with E-state index in [-0.39, 0.29) is 30.9 Å². The van der Waals surface area contributed by atoms with Crippen LogP contribution < -0.4 is 21.9 Å². The molecule has 3 rings (SSSR count). The molecule has 0 unspecified atom stereocenters. The zero-order chi connectivity index (χ0) is 25.4. The van der Waals surface area contributed by atoms with Gasteiger partial charge in [0.15, 0.2) is 0 Å². The van der Waals surface area contributed by atoms with Crippen LogP contribution in [0.25, 0.3) is 10.9 Å². The number of fused-ring (bicyclic) bond motifs is 1. The first-order valence-electron chi connectivity index (χ1n) is 11.7. The van der Waals surface area contributed by atoms with Crippen LogP contribution in [-0.2, 0) is 22.6 Å². The van der Waals surface area contributed by atoms with E-state index in [2.05, 4.69) is 10.6 Å². The fraction of sp³-hybridized carbons (Fsp3) is 0.385. The third-order valence-electron chi connectivity index (χ3n) is 5.82. The van der Waals surface area contributed by atoms with E-state index in [9.17, 15) is 19.2 Å². The van der Waals surface area contributed by atoms with Crippen LogP contribution in [0.4, 0.5) is 0 Å². The summed E-state index contributed by atoms with van der Waals surface area (Å²) in [5.41, 5.74) is 0.595. The SMILES string of the molecule is CC[C@H](C)NC(=O)Cn1c(=O)n(Cc2ccc(C(=O)NCCCOC)cc2)c(=O)c2ccccc21. The summed E-state index contributed by atoms with van der Waals surface area (Å²) in [5, 5.41) is 6.04. The van der Waals surface area contributed by atoms with Gasteiger partial charge in [0.05, 0.1) is 17.4 Å². The Morgan fingerprint density at radius 2 is 1.74 bits per heavy atom. The maximum atomic E-state index is 13.3. The number of amides is 2. The van der Waals surface area contributed by atoms with E-state index in [1.54, 1.807) is 55.6 Å². The molecular weight excluding hydrogens is 448 g/mol. The first-order valence-corrected chi connectivity index (χ1v) is 11.7. The van der Waals surface area contributed by atoms with Crippen molar-refractivity contribution in [2.45, 2.75) is 45.8 Å². The van der Waals surface area contributed by atoms with Crippen molar-refractivity contribution in [1.82, 2.24) is 19.8 Å². The standard InChI is InChI=1S/C26H32N4O5/c1-4-18(2)28-23(31)17-29-22-9-6-5-8-21(22)25(33)30(26(29)34)16-19-10-12-20(13-11-19)24(32)27-14-7-15-35-3/h5-6,8-13,18H,4,7,14-17H2,1-3H3,(H,27,32)(H,28,31)/t18-/m0/s1. The molecular formula is C26H32N4O5. The summed E-state index contributed by atoms with van der Waals surface area (Å²) in [7, 11) is 1.61. The van der Waals surface area contributed by atoms with Crippen LogP contribution in [0.3, 0.4) is 0 Å². The Hall–Kier alpha value is -3.72. The highest BCUT2D eigenvalue weighted by atomic mass is 16.5. The molecule has 9 nitrogen and oxygen atoms in total. The van der Waals surface area contributed by atoms with E-state index in [4.69, 9.17) is 4.74 Å². The molecule has 1 atom stereocenters. The number of carbonyl (C=O) groups is 2. The van der Waals surface area contributed by atoms with E-state index < -0.39 is 11.2 Å². The molecule has 3 aromatic rings. The molecule has 1 aromatic heterocycles. The topological polar surface area (TPSA) is 111 Å². The number of hydrogen-bond donors (Lipinski definition) is 2. The molecule has 9 heteroatoms. The molecule has 0 fully saturated rings. The Morgan fingerprint density at radius 1 is 1.03 bits per heavy atom. The molecule has 0 spiro atoms. The van der Waals surface area contributed by atoms with Crippen molar-refractivity contribution < 1.29 is 14.3 Å². The maximum absolute atomic E-state index is 13.3. The molecule has 2 N–H and O–H groups in total. The summed E-state index contributed by atoms with van der Waals surface area (Å²) in [6, 6.07) is 13.5. The Kier molecular flexibility index (Phi) is 8.97. The number of nitrogens with one attached hydrogen (secondary N) is 2. The Morgan fingerprint density at radius 3 is 2.43 bits per heavy atom. The molecule has 2 amide bonds. The summed E-state index contributed by atoms with van der Waals surface area (Å²) < 4.78 is 7.42. The van der Waals surface area contributed by atoms with E-state index in [0.29, 0.717) is 41.6 Å². The van der Waals surface area contributed by atoms with E-state index in [1.807, 2.05) is 13.8 Å². The van der Waals surface area contributed by atoms with Gasteiger partial charge in [-0.25, -0.2) is 4.79 Å². The largest absolute Gasteiger partial charge is 0.385 e. The van der Waals surface area contributed by atoms with Gasteiger partial charge in [0, 0.05) is 31.9 Å². The molecule has 0 radical (unpaired) electrons. The second-order valence-corrected chi connectivity index (χ2v) is 8.45. The smallest absolute Gasteiger partial charge is 0.332 e. The number of para-hydroxylation sites is 1. The lowest BCUT2D eigenvalue weighted by molar-refractivity contribution is -0.122. The minimum Gasteiger partial charge on any atom is -0.385 e. The third-order valence-corrected chi connectivity index (χ3v) is 5.82. The highest BCUT2D eigenvalue weighted by Crippen LogP contribution is 2.10. The normalized spacial score (nSPS) is 11.9. The van der Waals surface area contributed by atoms with Gasteiger partial charge >= 0.3 is 5.69 Å². The van der Waals surface area contributed by atoms with Crippen LogP contribution in [0.15, 0.2) is 58.1 Å². The number of nitrogens with zero attached hydrogens (tertiary/aromatic N) is 2. The molecule has 0 aliphatic carbocycles. The van der Waals surface area contributed by atoms with Gasteiger partial charge in [0.1, 0.15) is 6.54 Å². The number of hydrogen-bond acceptors (Lipinski definition) is 5. The van der Waals surface area contributed by atoms with Crippen molar-refractivity contribution in [2.24, 2.45) is 0 Å². The maximum Gasteiger partial charge on any atom is 0.332 e. The lowest BCUT2D eigenvalue weighted by atomic mass is 10.1. The van der Waals surface area contributed by atoms with E-state index >= 15 is 0 Å².